The molecule has 0 saturated heterocycles. The highest BCUT2D eigenvalue weighted by Crippen LogP contribution is 2.37. The van der Waals surface area contributed by atoms with Crippen molar-refractivity contribution in [3.63, 3.8) is 0 Å². The highest BCUT2D eigenvalue weighted by molar-refractivity contribution is 5.74. The number of carbonyl (C=O) groups is 1. The molecule has 0 amide bonds. The van der Waals surface area contributed by atoms with Crippen LogP contribution < -0.4 is 9.47 Å². The number of nitrogens with zero attached hydrogens (tertiary/aromatic N) is 2. The van der Waals surface area contributed by atoms with Gasteiger partial charge in [-0.15, -0.1) is 0 Å². The van der Waals surface area contributed by atoms with Gasteiger partial charge in [-0.25, -0.2) is 4.98 Å². The average molecular weight is 262 g/mol. The molecule has 0 atom stereocenters. The highest BCUT2D eigenvalue weighted by Gasteiger charge is 2.18. The zero-order chi connectivity index (χ0) is 13.8. The Bertz CT molecular complexity index is 570. The predicted molar refractivity (Wildman–Crippen MR) is 68.4 cm³/mol. The van der Waals surface area contributed by atoms with Gasteiger partial charge in [0.1, 0.15) is 29.4 Å². The molecule has 1 N–H and O–H groups in total. The smallest absolute Gasteiger partial charge is 0.323 e. The maximum absolute atomic E-state index is 10.8. The molecule has 0 fully saturated rings. The molecule has 6 heteroatoms. The van der Waals surface area contributed by atoms with Gasteiger partial charge in [-0.1, -0.05) is 6.07 Å². The fraction of sp³-hybridized carbons (Fsp3) is 0.231. The zero-order valence-corrected chi connectivity index (χ0v) is 10.7. The van der Waals surface area contributed by atoms with E-state index in [2.05, 4.69) is 4.98 Å². The Balaban J connectivity index is 2.58. The number of carboxylic acid groups (broad SMARTS) is 1. The number of imidazole rings is 1. The van der Waals surface area contributed by atoms with Crippen molar-refractivity contribution in [3.8, 4) is 22.9 Å². The number of aliphatic carboxylic acids is 1. The molecule has 1 heterocycles. The van der Waals surface area contributed by atoms with Gasteiger partial charge in [0.25, 0.3) is 0 Å². The monoisotopic (exact) mass is 262 g/mol. The molecule has 0 radical (unpaired) electrons. The minimum atomic E-state index is -0.937. The lowest BCUT2D eigenvalue weighted by molar-refractivity contribution is -0.137. The summed E-state index contributed by atoms with van der Waals surface area (Å²) >= 11 is 0. The van der Waals surface area contributed by atoms with Crippen LogP contribution in [0.2, 0.25) is 0 Å². The highest BCUT2D eigenvalue weighted by atomic mass is 16.5. The fourth-order valence-electron chi connectivity index (χ4n) is 1.88. The van der Waals surface area contributed by atoms with Crippen molar-refractivity contribution in [1.29, 1.82) is 0 Å². The second-order valence-electron chi connectivity index (χ2n) is 3.81. The van der Waals surface area contributed by atoms with Crippen LogP contribution in [0, 0.1) is 0 Å². The number of ether oxygens (including phenoxy) is 2. The molecule has 100 valence electrons. The molecule has 0 unspecified atom stereocenters. The Labute approximate surface area is 110 Å². The van der Waals surface area contributed by atoms with Gasteiger partial charge in [-0.2, -0.15) is 0 Å². The number of methoxy groups -OCH3 is 2. The lowest BCUT2D eigenvalue weighted by Gasteiger charge is -2.13. The van der Waals surface area contributed by atoms with Gasteiger partial charge in [0.05, 0.1) is 14.2 Å². The molecule has 0 aliphatic rings. The lowest BCUT2D eigenvalue weighted by atomic mass is 10.1. The first kappa shape index (κ1) is 12.9. The molecular formula is C13H14N2O4. The van der Waals surface area contributed by atoms with E-state index in [0.717, 1.165) is 0 Å². The number of hydrogen-bond acceptors (Lipinski definition) is 4. The summed E-state index contributed by atoms with van der Waals surface area (Å²) in [4.78, 5) is 15.0. The predicted octanol–water partition coefficient (Wildman–Crippen LogP) is 1.65. The van der Waals surface area contributed by atoms with Crippen LogP contribution >= 0.6 is 0 Å². The minimum absolute atomic E-state index is 0.170. The Morgan fingerprint density at radius 2 is 1.95 bits per heavy atom. The molecule has 0 aliphatic carbocycles. The van der Waals surface area contributed by atoms with Crippen molar-refractivity contribution in [2.24, 2.45) is 0 Å². The van der Waals surface area contributed by atoms with E-state index in [9.17, 15) is 4.79 Å². The van der Waals surface area contributed by atoms with E-state index in [0.29, 0.717) is 22.9 Å². The SMILES string of the molecule is COc1cccc(OC)c1-c1nccn1CC(=O)O. The average Bonchev–Trinajstić information content (AvgIpc) is 2.84. The van der Waals surface area contributed by atoms with Gasteiger partial charge in [0.15, 0.2) is 0 Å². The van der Waals surface area contributed by atoms with Crippen LogP contribution in [0.3, 0.4) is 0 Å². The Morgan fingerprint density at radius 3 is 2.47 bits per heavy atom. The summed E-state index contributed by atoms with van der Waals surface area (Å²) < 4.78 is 12.1. The first-order chi connectivity index (χ1) is 9.17. The Morgan fingerprint density at radius 1 is 1.32 bits per heavy atom. The van der Waals surface area contributed by atoms with Crippen molar-refractivity contribution >= 4 is 5.97 Å². The lowest BCUT2D eigenvalue weighted by Crippen LogP contribution is -2.09. The van der Waals surface area contributed by atoms with Gasteiger partial charge in [0.2, 0.25) is 0 Å². The second-order valence-corrected chi connectivity index (χ2v) is 3.81. The molecule has 1 aromatic carbocycles. The van der Waals surface area contributed by atoms with Crippen molar-refractivity contribution < 1.29 is 19.4 Å². The maximum atomic E-state index is 10.8. The number of rotatable bonds is 5. The molecule has 19 heavy (non-hydrogen) atoms. The summed E-state index contributed by atoms with van der Waals surface area (Å²) in [5, 5.41) is 8.90. The van der Waals surface area contributed by atoms with E-state index in [1.165, 1.54) is 4.57 Å². The number of aromatic nitrogens is 2. The largest absolute Gasteiger partial charge is 0.496 e. The van der Waals surface area contributed by atoms with Crippen LogP contribution in [0.4, 0.5) is 0 Å². The van der Waals surface area contributed by atoms with E-state index in [1.54, 1.807) is 44.8 Å². The van der Waals surface area contributed by atoms with Gasteiger partial charge >= 0.3 is 5.97 Å². The van der Waals surface area contributed by atoms with Crippen molar-refractivity contribution in [1.82, 2.24) is 9.55 Å². The molecule has 1 aromatic heterocycles. The van der Waals surface area contributed by atoms with Crippen LogP contribution in [0.15, 0.2) is 30.6 Å². The first-order valence-corrected chi connectivity index (χ1v) is 5.61. The minimum Gasteiger partial charge on any atom is -0.496 e. The molecule has 2 rings (SSSR count). The molecule has 6 nitrogen and oxygen atoms in total. The first-order valence-electron chi connectivity index (χ1n) is 5.61. The quantitative estimate of drug-likeness (QED) is 0.886. The van der Waals surface area contributed by atoms with Crippen molar-refractivity contribution in [3.05, 3.63) is 30.6 Å². The molecule has 0 saturated carbocycles. The van der Waals surface area contributed by atoms with E-state index in [4.69, 9.17) is 14.6 Å². The normalized spacial score (nSPS) is 10.2. The Hall–Kier alpha value is -2.50. The van der Waals surface area contributed by atoms with E-state index in [-0.39, 0.29) is 6.54 Å². The van der Waals surface area contributed by atoms with Crippen LogP contribution in [0.1, 0.15) is 0 Å². The molecule has 2 aromatic rings. The van der Waals surface area contributed by atoms with Gasteiger partial charge < -0.3 is 19.1 Å². The summed E-state index contributed by atoms with van der Waals surface area (Å²) in [6, 6.07) is 5.35. The number of hydrogen-bond donors (Lipinski definition) is 1. The van der Waals surface area contributed by atoms with Crippen molar-refractivity contribution in [2.45, 2.75) is 6.54 Å². The summed E-state index contributed by atoms with van der Waals surface area (Å²) in [6.07, 6.45) is 3.15. The fourth-order valence-corrected chi connectivity index (χ4v) is 1.88. The molecular weight excluding hydrogens is 248 g/mol. The van der Waals surface area contributed by atoms with E-state index < -0.39 is 5.97 Å². The summed E-state index contributed by atoms with van der Waals surface area (Å²) in [5.41, 5.74) is 0.638. The van der Waals surface area contributed by atoms with Gasteiger partial charge in [-0.05, 0) is 12.1 Å². The third-order valence-corrected chi connectivity index (χ3v) is 2.67. The van der Waals surface area contributed by atoms with E-state index in [1.807, 2.05) is 0 Å². The van der Waals surface area contributed by atoms with Crippen molar-refractivity contribution in [2.75, 3.05) is 14.2 Å². The van der Waals surface area contributed by atoms with E-state index >= 15 is 0 Å². The summed E-state index contributed by atoms with van der Waals surface area (Å²) in [5.74, 6) is 0.721. The molecule has 0 aliphatic heterocycles. The van der Waals surface area contributed by atoms with Crippen LogP contribution in [0.25, 0.3) is 11.4 Å². The standard InChI is InChI=1S/C13H14N2O4/c1-18-9-4-3-5-10(19-2)12(9)13-14-6-7-15(13)8-11(16)17/h3-7H,8H2,1-2H3,(H,16,17). The van der Waals surface area contributed by atoms with Crippen LogP contribution in [0.5, 0.6) is 11.5 Å². The second kappa shape index (κ2) is 5.43. The zero-order valence-electron chi connectivity index (χ0n) is 10.7. The maximum Gasteiger partial charge on any atom is 0.323 e. The van der Waals surface area contributed by atoms with Crippen LogP contribution in [-0.2, 0) is 11.3 Å². The number of carboxylic acids is 1. The van der Waals surface area contributed by atoms with Gasteiger partial charge in [0, 0.05) is 12.4 Å². The Kier molecular flexibility index (Phi) is 3.70. The topological polar surface area (TPSA) is 73.6 Å². The summed E-state index contributed by atoms with van der Waals surface area (Å²) in [6.45, 7) is -0.170. The number of benzene rings is 1. The third kappa shape index (κ3) is 2.52. The van der Waals surface area contributed by atoms with Gasteiger partial charge in [-0.3, -0.25) is 4.79 Å². The summed E-state index contributed by atoms with van der Waals surface area (Å²) in [7, 11) is 3.09. The molecule has 0 spiro atoms. The third-order valence-electron chi connectivity index (χ3n) is 2.67. The van der Waals surface area contributed by atoms with Crippen LogP contribution in [-0.4, -0.2) is 34.8 Å². The molecule has 0 bridgehead atoms.